The van der Waals surface area contributed by atoms with Gasteiger partial charge in [0.25, 0.3) is 0 Å². The van der Waals surface area contributed by atoms with E-state index in [2.05, 4.69) is 6.07 Å². The molecular weight excluding hydrogens is 513 g/mol. The van der Waals surface area contributed by atoms with Gasteiger partial charge in [0.2, 0.25) is 0 Å². The Kier molecular flexibility index (Phi) is 7.68. The summed E-state index contributed by atoms with van der Waals surface area (Å²) in [5, 5.41) is 28.8. The molecule has 0 amide bonds. The second-order valence-electron chi connectivity index (χ2n) is 11.1. The van der Waals surface area contributed by atoms with Gasteiger partial charge < -0.3 is 24.4 Å². The number of carbonyl (C=O) groups is 1. The smallest absolute Gasteiger partial charge is 0.304 e. The van der Waals surface area contributed by atoms with Crippen LogP contribution in [0.4, 0.5) is 4.39 Å². The van der Waals surface area contributed by atoms with Crippen molar-refractivity contribution in [3.8, 4) is 29.1 Å². The van der Waals surface area contributed by atoms with Crippen LogP contribution in [-0.4, -0.2) is 28.4 Å². The van der Waals surface area contributed by atoms with Gasteiger partial charge >= 0.3 is 5.97 Å². The van der Waals surface area contributed by atoms with Crippen molar-refractivity contribution in [2.75, 3.05) is 6.61 Å². The van der Waals surface area contributed by atoms with Crippen molar-refractivity contribution >= 4 is 5.97 Å². The number of rotatable bonds is 10. The van der Waals surface area contributed by atoms with Crippen LogP contribution in [0.1, 0.15) is 79.4 Å². The number of nitrogens with zero attached hydrogens (tertiary/aromatic N) is 1. The minimum Gasteiger partial charge on any atom is -0.492 e. The summed E-state index contributed by atoms with van der Waals surface area (Å²) in [6.45, 7) is 3.86. The van der Waals surface area contributed by atoms with Crippen LogP contribution >= 0.6 is 0 Å². The molecule has 0 fully saturated rings. The van der Waals surface area contributed by atoms with Crippen molar-refractivity contribution in [3.63, 3.8) is 0 Å². The fourth-order valence-electron chi connectivity index (χ4n) is 5.47. The van der Waals surface area contributed by atoms with Crippen molar-refractivity contribution in [1.29, 1.82) is 5.26 Å². The molecule has 0 saturated heterocycles. The highest BCUT2D eigenvalue weighted by molar-refractivity contribution is 5.69. The zero-order valence-corrected chi connectivity index (χ0v) is 22.6. The van der Waals surface area contributed by atoms with E-state index in [0.29, 0.717) is 65.6 Å². The zero-order chi connectivity index (χ0) is 28.4. The van der Waals surface area contributed by atoms with Crippen molar-refractivity contribution < 1.29 is 33.6 Å². The van der Waals surface area contributed by atoms with Gasteiger partial charge in [-0.1, -0.05) is 12.1 Å². The van der Waals surface area contributed by atoms with E-state index < -0.39 is 17.7 Å². The second kappa shape index (κ2) is 11.2. The lowest BCUT2D eigenvalue weighted by Gasteiger charge is -2.18. The van der Waals surface area contributed by atoms with Crippen LogP contribution in [0, 0.1) is 17.1 Å². The van der Waals surface area contributed by atoms with E-state index in [1.165, 1.54) is 6.07 Å². The number of ether oxygens (including phenoxy) is 3. The maximum atomic E-state index is 15.1. The van der Waals surface area contributed by atoms with Crippen LogP contribution in [0.5, 0.6) is 23.0 Å². The number of aliphatic hydroxyl groups is 1. The molecule has 0 radical (unpaired) electrons. The molecule has 3 aromatic rings. The summed E-state index contributed by atoms with van der Waals surface area (Å²) in [6, 6.07) is 15.9. The van der Waals surface area contributed by atoms with Crippen LogP contribution in [0.2, 0.25) is 0 Å². The number of benzene rings is 3. The van der Waals surface area contributed by atoms with Gasteiger partial charge in [-0.2, -0.15) is 5.26 Å². The van der Waals surface area contributed by atoms with Crippen molar-refractivity contribution in [3.05, 3.63) is 82.2 Å². The molecule has 1 heterocycles. The number of halogens is 1. The summed E-state index contributed by atoms with van der Waals surface area (Å²) in [6.07, 6.45) is 2.72. The van der Waals surface area contributed by atoms with Crippen LogP contribution in [0.15, 0.2) is 48.5 Å². The number of aryl methyl sites for hydroxylation is 1. The maximum absolute atomic E-state index is 15.1. The molecule has 2 atom stereocenters. The van der Waals surface area contributed by atoms with Crippen molar-refractivity contribution in [2.45, 2.75) is 70.0 Å². The minimum absolute atomic E-state index is 0.00550. The predicted octanol–water partition coefficient (Wildman–Crippen LogP) is 6.60. The molecule has 8 heteroatoms. The first-order chi connectivity index (χ1) is 19.1. The molecule has 0 spiro atoms. The number of nitriles is 1. The fraction of sp³-hybridized carbons (Fsp3) is 0.375. The van der Waals surface area contributed by atoms with Crippen LogP contribution in [-0.2, 0) is 17.6 Å². The normalized spacial score (nSPS) is 17.5. The Morgan fingerprint density at radius 1 is 1.18 bits per heavy atom. The predicted molar refractivity (Wildman–Crippen MR) is 145 cm³/mol. The van der Waals surface area contributed by atoms with Gasteiger partial charge in [0, 0.05) is 28.7 Å². The molecule has 1 unspecified atom stereocenters. The average Bonchev–Trinajstić information content (AvgIpc) is 3.49. The maximum Gasteiger partial charge on any atom is 0.304 e. The molecular formula is C32H32FNO6. The summed E-state index contributed by atoms with van der Waals surface area (Å²) in [7, 11) is 0. The molecule has 0 aromatic heterocycles. The van der Waals surface area contributed by atoms with Crippen LogP contribution < -0.4 is 14.2 Å². The zero-order valence-electron chi connectivity index (χ0n) is 22.6. The van der Waals surface area contributed by atoms with Crippen molar-refractivity contribution in [2.24, 2.45) is 0 Å². The number of aliphatic carboxylic acids is 1. The molecule has 0 bridgehead atoms. The lowest BCUT2D eigenvalue weighted by Crippen LogP contribution is -2.18. The van der Waals surface area contributed by atoms with E-state index in [9.17, 15) is 15.2 Å². The molecule has 0 saturated carbocycles. The van der Waals surface area contributed by atoms with E-state index in [-0.39, 0.29) is 18.2 Å². The Balaban J connectivity index is 1.34. The summed E-state index contributed by atoms with van der Waals surface area (Å²) in [5.41, 5.74) is 2.60. The van der Waals surface area contributed by atoms with Gasteiger partial charge in [-0.25, -0.2) is 4.39 Å². The van der Waals surface area contributed by atoms with E-state index in [1.807, 2.05) is 18.2 Å². The number of carboxylic acids is 1. The van der Waals surface area contributed by atoms with Gasteiger partial charge in [0.1, 0.15) is 41.0 Å². The molecule has 1 aliphatic carbocycles. The molecule has 2 N–H and O–H groups in total. The van der Waals surface area contributed by atoms with Crippen LogP contribution in [0.25, 0.3) is 0 Å². The SMILES string of the molecule is CC(C)(O)CCCc1ccc(C#N)c(Oc2ccc(F)c3c2CC[C@H]3Oc2ccc3c(c2)OCC3CC(=O)O)c1. The molecule has 208 valence electrons. The number of carboxylic acid groups (broad SMARTS) is 1. The van der Waals surface area contributed by atoms with Gasteiger partial charge in [0.05, 0.1) is 24.2 Å². The van der Waals surface area contributed by atoms with Gasteiger partial charge in [-0.3, -0.25) is 4.79 Å². The van der Waals surface area contributed by atoms with E-state index in [0.717, 1.165) is 24.0 Å². The Morgan fingerprint density at radius 3 is 2.75 bits per heavy atom. The first-order valence-corrected chi connectivity index (χ1v) is 13.5. The Labute approximate surface area is 232 Å². The monoisotopic (exact) mass is 545 g/mol. The Morgan fingerprint density at radius 2 is 2.00 bits per heavy atom. The highest BCUT2D eigenvalue weighted by atomic mass is 19.1. The Hall–Kier alpha value is -4.09. The third-order valence-corrected chi connectivity index (χ3v) is 7.44. The number of hydrogen-bond acceptors (Lipinski definition) is 6. The van der Waals surface area contributed by atoms with Crippen molar-refractivity contribution in [1.82, 2.24) is 0 Å². The van der Waals surface area contributed by atoms with Gasteiger partial charge in [-0.05, 0) is 81.8 Å². The van der Waals surface area contributed by atoms with E-state index >= 15 is 4.39 Å². The molecule has 5 rings (SSSR count). The van der Waals surface area contributed by atoms with Gasteiger partial charge in [0.15, 0.2) is 0 Å². The molecule has 2 aliphatic rings. The summed E-state index contributed by atoms with van der Waals surface area (Å²) in [5.74, 6) is 0.537. The van der Waals surface area contributed by atoms with E-state index in [4.69, 9.17) is 19.3 Å². The largest absolute Gasteiger partial charge is 0.492 e. The third-order valence-electron chi connectivity index (χ3n) is 7.44. The summed E-state index contributed by atoms with van der Waals surface area (Å²) < 4.78 is 33.2. The number of hydrogen-bond donors (Lipinski definition) is 2. The molecule has 1 aliphatic heterocycles. The minimum atomic E-state index is -0.878. The molecule has 7 nitrogen and oxygen atoms in total. The highest BCUT2D eigenvalue weighted by Gasteiger charge is 2.32. The number of fused-ring (bicyclic) bond motifs is 2. The van der Waals surface area contributed by atoms with E-state index in [1.54, 1.807) is 38.1 Å². The lowest BCUT2D eigenvalue weighted by atomic mass is 9.98. The first kappa shape index (κ1) is 27.5. The fourth-order valence-corrected chi connectivity index (χ4v) is 5.47. The lowest BCUT2D eigenvalue weighted by molar-refractivity contribution is -0.137. The first-order valence-electron chi connectivity index (χ1n) is 13.5. The summed E-state index contributed by atoms with van der Waals surface area (Å²) in [4.78, 5) is 11.1. The molecule has 40 heavy (non-hydrogen) atoms. The topological polar surface area (TPSA) is 109 Å². The standard InChI is InChI=1S/C32H32FNO6/c1-32(2,37)13-3-4-19-5-6-20(17-34)28(14-19)40-26-12-10-25(33)31-24(26)9-11-27(31)39-22-7-8-23-21(15-30(35)36)18-38-29(23)16-22/h5-8,10,12,14,16,21,27,37H,3-4,9,11,13,15,18H2,1-2H3,(H,35,36)/t21?,27-/m1/s1. The second-order valence-corrected chi connectivity index (χ2v) is 11.1. The summed E-state index contributed by atoms with van der Waals surface area (Å²) >= 11 is 0. The average molecular weight is 546 g/mol. The van der Waals surface area contributed by atoms with Gasteiger partial charge in [-0.15, -0.1) is 0 Å². The highest BCUT2D eigenvalue weighted by Crippen LogP contribution is 2.44. The Bertz CT molecular complexity index is 1470. The molecule has 3 aromatic carbocycles. The quantitative estimate of drug-likeness (QED) is 0.295. The third kappa shape index (κ3) is 6.05. The van der Waals surface area contributed by atoms with Crippen LogP contribution in [0.3, 0.4) is 0 Å².